The van der Waals surface area contributed by atoms with Crippen LogP contribution in [-0.2, 0) is 16.0 Å². The number of aromatic nitrogens is 1. The highest BCUT2D eigenvalue weighted by Gasteiger charge is 2.22. The number of nitrogens with one attached hydrogen (secondary N) is 2. The largest absolute Gasteiger partial charge is 0.481 e. The molecule has 0 fully saturated rings. The van der Waals surface area contributed by atoms with E-state index in [4.69, 9.17) is 5.11 Å². The molecule has 1 aliphatic heterocycles. The Balaban J connectivity index is 2.32. The number of hydrogen-bond acceptors (Lipinski definition) is 2. The van der Waals surface area contributed by atoms with Crippen LogP contribution in [0.2, 0.25) is 0 Å². The van der Waals surface area contributed by atoms with E-state index < -0.39 is 5.97 Å². The summed E-state index contributed by atoms with van der Waals surface area (Å²) in [7, 11) is 0. The van der Waals surface area contributed by atoms with Crippen LogP contribution in [0, 0.1) is 6.92 Å². The van der Waals surface area contributed by atoms with Gasteiger partial charge in [-0.15, -0.1) is 0 Å². The number of amides is 1. The highest BCUT2D eigenvalue weighted by atomic mass is 16.4. The van der Waals surface area contributed by atoms with Gasteiger partial charge in [-0.3, -0.25) is 9.59 Å². The van der Waals surface area contributed by atoms with Crippen molar-refractivity contribution >= 4 is 18.0 Å². The van der Waals surface area contributed by atoms with Crippen molar-refractivity contribution in [1.82, 2.24) is 10.3 Å². The molecule has 0 bridgehead atoms. The topological polar surface area (TPSA) is 82.2 Å². The van der Waals surface area contributed by atoms with Crippen LogP contribution in [-0.4, -0.2) is 22.0 Å². The number of carbonyl (C=O) groups excluding carboxylic acids is 1. The monoisotopic (exact) mass is 274 g/mol. The molecular weight excluding hydrogens is 256 g/mol. The Morgan fingerprint density at radius 2 is 2.10 bits per heavy atom. The molecule has 2 rings (SSSR count). The summed E-state index contributed by atoms with van der Waals surface area (Å²) in [6.07, 6.45) is 2.60. The van der Waals surface area contributed by atoms with Crippen LogP contribution in [0.15, 0.2) is 22.9 Å². The molecule has 0 aromatic carbocycles. The molecule has 0 aliphatic carbocycles. The smallest absolute Gasteiger partial charge is 0.309 e. The lowest BCUT2D eigenvalue weighted by molar-refractivity contribution is -0.136. The molecule has 0 spiro atoms. The van der Waals surface area contributed by atoms with Crippen molar-refractivity contribution in [3.8, 4) is 0 Å². The van der Waals surface area contributed by atoms with Gasteiger partial charge >= 0.3 is 5.97 Å². The summed E-state index contributed by atoms with van der Waals surface area (Å²) in [5, 5.41) is 11.7. The first kappa shape index (κ1) is 14.1. The second-order valence-electron chi connectivity index (χ2n) is 4.93. The highest BCUT2D eigenvalue weighted by molar-refractivity contribution is 6.00. The predicted molar refractivity (Wildman–Crippen MR) is 76.0 cm³/mol. The van der Waals surface area contributed by atoms with Crippen molar-refractivity contribution in [2.75, 3.05) is 0 Å². The summed E-state index contributed by atoms with van der Waals surface area (Å²) < 4.78 is 0. The molecule has 1 aromatic rings. The molecule has 0 atom stereocenters. The van der Waals surface area contributed by atoms with Gasteiger partial charge in [-0.05, 0) is 43.5 Å². The first-order valence-corrected chi connectivity index (χ1v) is 6.55. The molecule has 0 radical (unpaired) electrons. The minimum Gasteiger partial charge on any atom is -0.481 e. The second-order valence-corrected chi connectivity index (χ2v) is 4.93. The summed E-state index contributed by atoms with van der Waals surface area (Å²) in [6, 6.07) is 1.89. The van der Waals surface area contributed by atoms with E-state index in [2.05, 4.69) is 10.3 Å². The van der Waals surface area contributed by atoms with Crippen molar-refractivity contribution < 1.29 is 14.7 Å². The van der Waals surface area contributed by atoms with Gasteiger partial charge in [-0.25, -0.2) is 0 Å². The van der Waals surface area contributed by atoms with Gasteiger partial charge in [0, 0.05) is 22.7 Å². The molecule has 1 aromatic heterocycles. The SMILES string of the molecule is CCC1=C(C)C(=O)N/C1=C\c1cc(C)c(CC(=O)O)[nH]1. The number of carboxylic acid groups (broad SMARTS) is 1. The van der Waals surface area contributed by atoms with Crippen LogP contribution >= 0.6 is 0 Å². The predicted octanol–water partition coefficient (Wildman–Crippen LogP) is 2.15. The van der Waals surface area contributed by atoms with Crippen LogP contribution in [0.4, 0.5) is 0 Å². The Morgan fingerprint density at radius 1 is 1.40 bits per heavy atom. The average Bonchev–Trinajstić information content (AvgIpc) is 2.81. The van der Waals surface area contributed by atoms with Gasteiger partial charge in [-0.1, -0.05) is 6.92 Å². The van der Waals surface area contributed by atoms with Crippen LogP contribution in [0.25, 0.3) is 6.08 Å². The number of allylic oxidation sites excluding steroid dienone is 1. The average molecular weight is 274 g/mol. The fourth-order valence-electron chi connectivity index (χ4n) is 2.41. The van der Waals surface area contributed by atoms with Crippen molar-refractivity contribution in [2.24, 2.45) is 0 Å². The van der Waals surface area contributed by atoms with E-state index in [1.807, 2.05) is 32.9 Å². The molecule has 5 heteroatoms. The number of hydrogen-bond donors (Lipinski definition) is 3. The molecule has 106 valence electrons. The molecule has 0 unspecified atom stereocenters. The van der Waals surface area contributed by atoms with Crippen molar-refractivity contribution in [2.45, 2.75) is 33.6 Å². The first-order valence-electron chi connectivity index (χ1n) is 6.55. The highest BCUT2D eigenvalue weighted by Crippen LogP contribution is 2.25. The van der Waals surface area contributed by atoms with Crippen LogP contribution in [0.3, 0.4) is 0 Å². The minimum absolute atomic E-state index is 0.0309. The van der Waals surface area contributed by atoms with Crippen molar-refractivity contribution in [3.05, 3.63) is 39.9 Å². The standard InChI is InChI=1S/C15H18N2O3/c1-4-11-9(3)15(20)17-13(11)6-10-5-8(2)12(16-10)7-14(18)19/h5-6,16H,4,7H2,1-3H3,(H,17,20)(H,18,19)/b13-6-. The van der Waals surface area contributed by atoms with Crippen molar-refractivity contribution in [1.29, 1.82) is 0 Å². The summed E-state index contributed by atoms with van der Waals surface area (Å²) >= 11 is 0. The quantitative estimate of drug-likeness (QED) is 0.786. The molecule has 2 heterocycles. The third kappa shape index (κ3) is 2.66. The fraction of sp³-hybridized carbons (Fsp3) is 0.333. The number of rotatable bonds is 4. The molecule has 1 aliphatic rings. The van der Waals surface area contributed by atoms with Crippen molar-refractivity contribution in [3.63, 3.8) is 0 Å². The van der Waals surface area contributed by atoms with E-state index >= 15 is 0 Å². The van der Waals surface area contributed by atoms with Gasteiger partial charge in [0.15, 0.2) is 0 Å². The number of carboxylic acids is 1. The first-order chi connectivity index (χ1) is 9.42. The van der Waals surface area contributed by atoms with E-state index in [9.17, 15) is 9.59 Å². The Kier molecular flexibility index (Phi) is 3.79. The van der Waals surface area contributed by atoms with Gasteiger partial charge in [-0.2, -0.15) is 0 Å². The maximum atomic E-state index is 11.7. The zero-order chi connectivity index (χ0) is 14.9. The molecule has 3 N–H and O–H groups in total. The summed E-state index contributed by atoms with van der Waals surface area (Å²) in [4.78, 5) is 25.5. The lowest BCUT2D eigenvalue weighted by Gasteiger charge is -2.02. The Labute approximate surface area is 117 Å². The van der Waals surface area contributed by atoms with E-state index in [0.29, 0.717) is 5.69 Å². The summed E-state index contributed by atoms with van der Waals surface area (Å²) in [6.45, 7) is 5.68. The minimum atomic E-state index is -0.867. The fourth-order valence-corrected chi connectivity index (χ4v) is 2.41. The zero-order valence-electron chi connectivity index (χ0n) is 11.8. The number of aliphatic carboxylic acids is 1. The maximum absolute atomic E-state index is 11.7. The van der Waals surface area contributed by atoms with E-state index in [-0.39, 0.29) is 12.3 Å². The third-order valence-electron chi connectivity index (χ3n) is 3.49. The summed E-state index contributed by atoms with van der Waals surface area (Å²) in [5.41, 5.74) is 4.93. The molecule has 20 heavy (non-hydrogen) atoms. The number of H-pyrrole nitrogens is 1. The Morgan fingerprint density at radius 3 is 2.70 bits per heavy atom. The lowest BCUT2D eigenvalue weighted by Crippen LogP contribution is -2.15. The number of aromatic amines is 1. The maximum Gasteiger partial charge on any atom is 0.309 e. The van der Waals surface area contributed by atoms with Gasteiger partial charge in [0.25, 0.3) is 5.91 Å². The van der Waals surface area contributed by atoms with E-state index in [0.717, 1.165) is 34.5 Å². The van der Waals surface area contributed by atoms with Crippen LogP contribution in [0.5, 0.6) is 0 Å². The third-order valence-corrected chi connectivity index (χ3v) is 3.49. The van der Waals surface area contributed by atoms with Gasteiger partial charge < -0.3 is 15.4 Å². The van der Waals surface area contributed by atoms with Crippen LogP contribution in [0.1, 0.15) is 37.2 Å². The van der Waals surface area contributed by atoms with E-state index in [1.165, 1.54) is 0 Å². The molecule has 5 nitrogen and oxygen atoms in total. The molecular formula is C15H18N2O3. The molecule has 0 saturated heterocycles. The molecule has 1 amide bonds. The summed E-state index contributed by atoms with van der Waals surface area (Å²) in [5.74, 6) is -0.935. The van der Waals surface area contributed by atoms with Crippen LogP contribution < -0.4 is 5.32 Å². The molecule has 0 saturated carbocycles. The Hall–Kier alpha value is -2.30. The van der Waals surface area contributed by atoms with Gasteiger partial charge in [0.2, 0.25) is 0 Å². The normalized spacial score (nSPS) is 16.9. The number of carbonyl (C=O) groups is 2. The van der Waals surface area contributed by atoms with Gasteiger partial charge in [0.1, 0.15) is 0 Å². The van der Waals surface area contributed by atoms with E-state index in [1.54, 1.807) is 0 Å². The second kappa shape index (κ2) is 5.36. The lowest BCUT2D eigenvalue weighted by atomic mass is 10.1. The number of aryl methyl sites for hydroxylation is 1. The zero-order valence-corrected chi connectivity index (χ0v) is 11.8. The van der Waals surface area contributed by atoms with Gasteiger partial charge in [0.05, 0.1) is 6.42 Å². The Bertz CT molecular complexity index is 636.